The van der Waals surface area contributed by atoms with Crippen molar-refractivity contribution in [1.82, 2.24) is 9.80 Å². The number of amides is 1. The molecule has 1 atom stereocenters. The standard InChI is InChI=1S/C18H27N3O/c1-14-6-4-5-11-21(14)17-12-20(13-17)18(22)15-7-9-16(10-8-15)19(2)3/h7-10,14,17H,4-6,11-13H2,1-3H3/t14-/m0/s1. The van der Waals surface area contributed by atoms with E-state index in [0.717, 1.165) is 24.3 Å². The summed E-state index contributed by atoms with van der Waals surface area (Å²) in [6.45, 7) is 5.30. The van der Waals surface area contributed by atoms with E-state index in [-0.39, 0.29) is 5.91 Å². The number of rotatable bonds is 3. The lowest BCUT2D eigenvalue weighted by Gasteiger charge is -2.49. The summed E-state index contributed by atoms with van der Waals surface area (Å²) in [5.41, 5.74) is 1.93. The number of piperidine rings is 1. The van der Waals surface area contributed by atoms with E-state index in [1.54, 1.807) is 0 Å². The molecule has 3 rings (SSSR count). The molecule has 2 saturated heterocycles. The Balaban J connectivity index is 1.56. The number of nitrogens with zero attached hydrogens (tertiary/aromatic N) is 3. The third-order valence-corrected chi connectivity index (χ3v) is 5.10. The lowest BCUT2D eigenvalue weighted by atomic mass is 9.97. The Kier molecular flexibility index (Phi) is 4.39. The van der Waals surface area contributed by atoms with Gasteiger partial charge in [-0.2, -0.15) is 0 Å². The van der Waals surface area contributed by atoms with E-state index in [9.17, 15) is 4.79 Å². The summed E-state index contributed by atoms with van der Waals surface area (Å²) >= 11 is 0. The van der Waals surface area contributed by atoms with Crippen molar-refractivity contribution in [2.45, 2.75) is 38.3 Å². The Morgan fingerprint density at radius 1 is 1.14 bits per heavy atom. The summed E-state index contributed by atoms with van der Waals surface area (Å²) in [7, 11) is 4.02. The molecule has 4 nitrogen and oxygen atoms in total. The molecule has 1 amide bonds. The molecule has 4 heteroatoms. The van der Waals surface area contributed by atoms with Crippen LogP contribution >= 0.6 is 0 Å². The first-order valence-corrected chi connectivity index (χ1v) is 8.38. The van der Waals surface area contributed by atoms with Gasteiger partial charge in [-0.05, 0) is 50.6 Å². The zero-order chi connectivity index (χ0) is 15.7. The summed E-state index contributed by atoms with van der Waals surface area (Å²) in [5, 5.41) is 0. The maximum absolute atomic E-state index is 12.5. The van der Waals surface area contributed by atoms with Crippen LogP contribution in [-0.4, -0.2) is 61.5 Å². The molecule has 22 heavy (non-hydrogen) atoms. The van der Waals surface area contributed by atoms with Gasteiger partial charge in [0, 0.05) is 50.5 Å². The summed E-state index contributed by atoms with van der Waals surface area (Å²) in [5.74, 6) is 0.172. The van der Waals surface area contributed by atoms with Crippen LogP contribution in [0.25, 0.3) is 0 Å². The van der Waals surface area contributed by atoms with Crippen LogP contribution in [0, 0.1) is 0 Å². The highest BCUT2D eigenvalue weighted by Gasteiger charge is 2.37. The number of anilines is 1. The zero-order valence-electron chi connectivity index (χ0n) is 14.0. The van der Waals surface area contributed by atoms with Crippen LogP contribution < -0.4 is 4.90 Å². The van der Waals surface area contributed by atoms with Crippen molar-refractivity contribution in [2.75, 3.05) is 38.6 Å². The molecule has 0 N–H and O–H groups in total. The molecule has 2 fully saturated rings. The summed E-state index contributed by atoms with van der Waals surface area (Å²) < 4.78 is 0. The fourth-order valence-corrected chi connectivity index (χ4v) is 3.58. The Labute approximate surface area is 133 Å². The average molecular weight is 301 g/mol. The maximum atomic E-state index is 12.5. The predicted molar refractivity (Wildman–Crippen MR) is 90.5 cm³/mol. The molecule has 120 valence electrons. The van der Waals surface area contributed by atoms with Crippen molar-refractivity contribution in [3.8, 4) is 0 Å². The second-order valence-electron chi connectivity index (χ2n) is 6.89. The van der Waals surface area contributed by atoms with Gasteiger partial charge in [0.2, 0.25) is 0 Å². The summed E-state index contributed by atoms with van der Waals surface area (Å²) in [4.78, 5) is 19.1. The van der Waals surface area contributed by atoms with Gasteiger partial charge in [-0.15, -0.1) is 0 Å². The fourth-order valence-electron chi connectivity index (χ4n) is 3.58. The van der Waals surface area contributed by atoms with Gasteiger partial charge in [-0.1, -0.05) is 6.42 Å². The number of likely N-dealkylation sites (tertiary alicyclic amines) is 2. The number of hydrogen-bond donors (Lipinski definition) is 0. The predicted octanol–water partition coefficient (Wildman–Crippen LogP) is 2.45. The monoisotopic (exact) mass is 301 g/mol. The van der Waals surface area contributed by atoms with E-state index in [1.165, 1.54) is 25.8 Å². The molecule has 2 aliphatic heterocycles. The van der Waals surface area contributed by atoms with Crippen molar-refractivity contribution in [3.05, 3.63) is 29.8 Å². The molecule has 1 aromatic rings. The normalized spacial score (nSPS) is 23.2. The molecular weight excluding hydrogens is 274 g/mol. The highest BCUT2D eigenvalue weighted by Crippen LogP contribution is 2.25. The lowest BCUT2D eigenvalue weighted by molar-refractivity contribution is 0.00213. The molecule has 0 unspecified atom stereocenters. The van der Waals surface area contributed by atoms with E-state index >= 15 is 0 Å². The van der Waals surface area contributed by atoms with Gasteiger partial charge in [0.1, 0.15) is 0 Å². The Morgan fingerprint density at radius 3 is 2.41 bits per heavy atom. The van der Waals surface area contributed by atoms with Gasteiger partial charge in [0.15, 0.2) is 0 Å². The highest BCUT2D eigenvalue weighted by molar-refractivity contribution is 5.95. The second kappa shape index (κ2) is 6.29. The third-order valence-electron chi connectivity index (χ3n) is 5.10. The van der Waals surface area contributed by atoms with Crippen LogP contribution in [0.15, 0.2) is 24.3 Å². The first kappa shape index (κ1) is 15.3. The third kappa shape index (κ3) is 2.98. The number of carbonyl (C=O) groups excluding carboxylic acids is 1. The molecule has 0 aliphatic carbocycles. The number of hydrogen-bond acceptors (Lipinski definition) is 3. The van der Waals surface area contributed by atoms with E-state index in [2.05, 4.69) is 11.8 Å². The van der Waals surface area contributed by atoms with Crippen molar-refractivity contribution >= 4 is 11.6 Å². The van der Waals surface area contributed by atoms with Gasteiger partial charge in [0.05, 0.1) is 0 Å². The summed E-state index contributed by atoms with van der Waals surface area (Å²) in [6.07, 6.45) is 3.96. The maximum Gasteiger partial charge on any atom is 0.253 e. The largest absolute Gasteiger partial charge is 0.378 e. The molecule has 0 aromatic heterocycles. The molecule has 2 aliphatic rings. The van der Waals surface area contributed by atoms with Crippen LogP contribution in [0.3, 0.4) is 0 Å². The minimum absolute atomic E-state index is 0.172. The minimum Gasteiger partial charge on any atom is -0.378 e. The van der Waals surface area contributed by atoms with E-state index in [4.69, 9.17) is 0 Å². The van der Waals surface area contributed by atoms with Crippen LogP contribution in [0.4, 0.5) is 5.69 Å². The molecule has 0 bridgehead atoms. The quantitative estimate of drug-likeness (QED) is 0.858. The van der Waals surface area contributed by atoms with E-state index < -0.39 is 0 Å². The second-order valence-corrected chi connectivity index (χ2v) is 6.89. The average Bonchev–Trinajstić information content (AvgIpc) is 2.47. The first-order chi connectivity index (χ1) is 10.6. The highest BCUT2D eigenvalue weighted by atomic mass is 16.2. The van der Waals surface area contributed by atoms with Crippen LogP contribution in [0.1, 0.15) is 36.5 Å². The van der Waals surface area contributed by atoms with E-state index in [0.29, 0.717) is 12.1 Å². The van der Waals surface area contributed by atoms with Crippen molar-refractivity contribution in [2.24, 2.45) is 0 Å². The Hall–Kier alpha value is -1.55. The fraction of sp³-hybridized carbons (Fsp3) is 0.611. The van der Waals surface area contributed by atoms with Gasteiger partial charge in [-0.3, -0.25) is 9.69 Å². The van der Waals surface area contributed by atoms with Gasteiger partial charge in [-0.25, -0.2) is 0 Å². The van der Waals surface area contributed by atoms with Crippen molar-refractivity contribution < 1.29 is 4.79 Å². The molecule has 0 spiro atoms. The smallest absolute Gasteiger partial charge is 0.253 e. The van der Waals surface area contributed by atoms with Crippen LogP contribution in [0.2, 0.25) is 0 Å². The lowest BCUT2D eigenvalue weighted by Crippen LogP contribution is -2.63. The Bertz CT molecular complexity index is 520. The molecule has 1 aromatic carbocycles. The summed E-state index contributed by atoms with van der Waals surface area (Å²) in [6, 6.07) is 9.15. The SMILES string of the molecule is C[C@H]1CCCCN1C1CN(C(=O)c2ccc(N(C)C)cc2)C1. The van der Waals surface area contributed by atoms with Gasteiger partial charge < -0.3 is 9.80 Å². The first-order valence-electron chi connectivity index (χ1n) is 8.38. The van der Waals surface area contributed by atoms with E-state index in [1.807, 2.05) is 48.2 Å². The number of benzene rings is 1. The van der Waals surface area contributed by atoms with Crippen LogP contribution in [-0.2, 0) is 0 Å². The van der Waals surface area contributed by atoms with Crippen molar-refractivity contribution in [1.29, 1.82) is 0 Å². The van der Waals surface area contributed by atoms with Gasteiger partial charge in [0.25, 0.3) is 5.91 Å². The molecule has 0 saturated carbocycles. The molecular formula is C18H27N3O. The molecule has 0 radical (unpaired) electrons. The van der Waals surface area contributed by atoms with Gasteiger partial charge >= 0.3 is 0 Å². The molecule has 2 heterocycles. The topological polar surface area (TPSA) is 26.8 Å². The minimum atomic E-state index is 0.172. The Morgan fingerprint density at radius 2 is 1.82 bits per heavy atom. The zero-order valence-corrected chi connectivity index (χ0v) is 14.0. The number of carbonyl (C=O) groups is 1. The van der Waals surface area contributed by atoms with Crippen molar-refractivity contribution in [3.63, 3.8) is 0 Å². The van der Waals surface area contributed by atoms with Crippen LogP contribution in [0.5, 0.6) is 0 Å².